The summed E-state index contributed by atoms with van der Waals surface area (Å²) in [5, 5.41) is 12.6. The predicted molar refractivity (Wildman–Crippen MR) is 108 cm³/mol. The number of rotatable bonds is 4. The Morgan fingerprint density at radius 2 is 1.97 bits per heavy atom. The molecular weight excluding hydrogens is 396 g/mol. The van der Waals surface area contributed by atoms with Crippen molar-refractivity contribution in [3.05, 3.63) is 11.8 Å². The molecule has 0 aromatic carbocycles. The summed E-state index contributed by atoms with van der Waals surface area (Å²) in [6.45, 7) is 3.59. The van der Waals surface area contributed by atoms with Crippen LogP contribution in [0.4, 0.5) is 11.8 Å². The van der Waals surface area contributed by atoms with Crippen molar-refractivity contribution < 1.29 is 18.3 Å². The van der Waals surface area contributed by atoms with E-state index in [0.717, 1.165) is 18.4 Å². The van der Waals surface area contributed by atoms with E-state index in [2.05, 4.69) is 15.4 Å². The van der Waals surface area contributed by atoms with Crippen molar-refractivity contribution in [1.82, 2.24) is 19.3 Å². The Morgan fingerprint density at radius 1 is 1.24 bits per heavy atom. The molecule has 1 aromatic rings. The van der Waals surface area contributed by atoms with Gasteiger partial charge in [0.1, 0.15) is 5.82 Å². The number of carbonyl (C=O) groups excluding carboxylic acids is 1. The lowest BCUT2D eigenvalue weighted by Crippen LogP contribution is -2.53. The molecule has 11 heteroatoms. The Balaban J connectivity index is 1.53. The Hall–Kier alpha value is -1.82. The summed E-state index contributed by atoms with van der Waals surface area (Å²) in [7, 11) is -3.19. The summed E-state index contributed by atoms with van der Waals surface area (Å²) >= 11 is 0. The third kappa shape index (κ3) is 4.09. The van der Waals surface area contributed by atoms with Gasteiger partial charge in [-0.2, -0.15) is 9.29 Å². The summed E-state index contributed by atoms with van der Waals surface area (Å²) < 4.78 is 24.8. The van der Waals surface area contributed by atoms with E-state index in [-0.39, 0.29) is 11.9 Å². The number of nitrogens with one attached hydrogen (secondary N) is 1. The fourth-order valence-corrected chi connectivity index (χ4v) is 5.28. The summed E-state index contributed by atoms with van der Waals surface area (Å²) in [5.74, 6) is 0.922. The molecule has 0 radical (unpaired) electrons. The van der Waals surface area contributed by atoms with E-state index in [1.165, 1.54) is 10.6 Å². The minimum atomic E-state index is -3.19. The smallest absolute Gasteiger partial charge is 0.239 e. The zero-order valence-electron chi connectivity index (χ0n) is 16.8. The van der Waals surface area contributed by atoms with E-state index in [9.17, 15) is 18.3 Å². The van der Waals surface area contributed by atoms with Crippen LogP contribution in [0.3, 0.4) is 0 Å². The number of carbonyl (C=O) groups is 1. The minimum absolute atomic E-state index is 0.0175. The maximum absolute atomic E-state index is 12.7. The fourth-order valence-electron chi connectivity index (χ4n) is 4.45. The number of hydrogen-bond donors (Lipinski definition) is 2. The molecule has 0 bridgehead atoms. The van der Waals surface area contributed by atoms with Gasteiger partial charge in [-0.05, 0) is 32.6 Å². The van der Waals surface area contributed by atoms with Crippen LogP contribution in [0.2, 0.25) is 0 Å². The van der Waals surface area contributed by atoms with Crippen molar-refractivity contribution in [3.8, 4) is 0 Å². The molecule has 160 valence electrons. The quantitative estimate of drug-likeness (QED) is 0.691. The van der Waals surface area contributed by atoms with Gasteiger partial charge in [-0.1, -0.05) is 0 Å². The lowest BCUT2D eigenvalue weighted by Gasteiger charge is -2.39. The van der Waals surface area contributed by atoms with E-state index >= 15 is 0 Å². The van der Waals surface area contributed by atoms with Gasteiger partial charge in [0, 0.05) is 44.4 Å². The average Bonchev–Trinajstić information content (AvgIpc) is 3.00. The molecule has 4 rings (SSSR count). The van der Waals surface area contributed by atoms with Gasteiger partial charge in [0.25, 0.3) is 0 Å². The van der Waals surface area contributed by atoms with E-state index in [1.807, 2.05) is 5.01 Å². The lowest BCUT2D eigenvalue weighted by molar-refractivity contribution is -0.120. The van der Waals surface area contributed by atoms with Crippen LogP contribution in [0.25, 0.3) is 0 Å². The van der Waals surface area contributed by atoms with Gasteiger partial charge in [0.15, 0.2) is 0 Å². The number of nitrogens with zero attached hydrogens (tertiary/aromatic N) is 5. The molecule has 1 aliphatic carbocycles. The largest absolute Gasteiger partial charge is 0.388 e. The number of fused-ring (bicyclic) bond motifs is 1. The number of aromatic nitrogens is 2. The summed E-state index contributed by atoms with van der Waals surface area (Å²) in [6.07, 6.45) is 6.22. The van der Waals surface area contributed by atoms with Crippen molar-refractivity contribution in [2.45, 2.75) is 50.7 Å². The van der Waals surface area contributed by atoms with Crippen molar-refractivity contribution in [3.63, 3.8) is 0 Å². The first-order chi connectivity index (χ1) is 13.6. The maximum Gasteiger partial charge on any atom is 0.239 e. The molecule has 29 heavy (non-hydrogen) atoms. The molecule has 3 aliphatic rings. The number of hydrogen-bond acceptors (Lipinski definition) is 8. The third-order valence-electron chi connectivity index (χ3n) is 6.10. The summed E-state index contributed by atoms with van der Waals surface area (Å²) in [6, 6.07) is -0.282. The molecule has 3 heterocycles. The first-order valence-corrected chi connectivity index (χ1v) is 11.9. The number of aliphatic hydroxyl groups is 1. The Labute approximate surface area is 170 Å². The number of piperazine rings is 1. The third-order valence-corrected chi connectivity index (χ3v) is 7.41. The van der Waals surface area contributed by atoms with Gasteiger partial charge in [-0.3, -0.25) is 15.1 Å². The van der Waals surface area contributed by atoms with Crippen molar-refractivity contribution in [2.24, 2.45) is 0 Å². The summed E-state index contributed by atoms with van der Waals surface area (Å²) in [4.78, 5) is 23.4. The fraction of sp³-hybridized carbons (Fsp3) is 0.722. The molecule has 2 atom stereocenters. The maximum atomic E-state index is 12.7. The number of amides is 1. The second-order valence-electron chi connectivity index (χ2n) is 8.33. The zero-order valence-corrected chi connectivity index (χ0v) is 17.7. The number of anilines is 2. The second kappa shape index (κ2) is 7.46. The highest BCUT2D eigenvalue weighted by molar-refractivity contribution is 7.88. The average molecular weight is 425 g/mol. The predicted octanol–water partition coefficient (Wildman–Crippen LogP) is -0.0366. The summed E-state index contributed by atoms with van der Waals surface area (Å²) in [5.41, 5.74) is 3.12. The van der Waals surface area contributed by atoms with Gasteiger partial charge < -0.3 is 5.11 Å². The molecule has 1 amide bonds. The number of hydrazine groups is 1. The van der Waals surface area contributed by atoms with Crippen LogP contribution in [0.15, 0.2) is 6.20 Å². The molecule has 0 spiro atoms. The molecule has 2 aliphatic heterocycles. The Bertz CT molecular complexity index is 898. The molecule has 1 saturated heterocycles. The van der Waals surface area contributed by atoms with Crippen molar-refractivity contribution >= 4 is 27.7 Å². The van der Waals surface area contributed by atoms with Crippen molar-refractivity contribution in [1.29, 1.82) is 0 Å². The molecule has 1 saturated carbocycles. The van der Waals surface area contributed by atoms with Gasteiger partial charge in [-0.15, -0.1) is 0 Å². The molecule has 1 aromatic heterocycles. The van der Waals surface area contributed by atoms with Gasteiger partial charge in [0.05, 0.1) is 17.9 Å². The Morgan fingerprint density at radius 3 is 2.59 bits per heavy atom. The molecule has 2 unspecified atom stereocenters. The van der Waals surface area contributed by atoms with Crippen LogP contribution < -0.4 is 10.3 Å². The highest BCUT2D eigenvalue weighted by atomic mass is 32.2. The van der Waals surface area contributed by atoms with E-state index in [0.29, 0.717) is 57.2 Å². The van der Waals surface area contributed by atoms with E-state index in [4.69, 9.17) is 0 Å². The first kappa shape index (κ1) is 20.5. The normalized spacial score (nSPS) is 29.1. The van der Waals surface area contributed by atoms with Crippen LogP contribution in [0, 0.1) is 0 Å². The monoisotopic (exact) mass is 424 g/mol. The highest BCUT2D eigenvalue weighted by Gasteiger charge is 2.45. The molecule has 2 fully saturated rings. The van der Waals surface area contributed by atoms with E-state index < -0.39 is 15.6 Å². The first-order valence-electron chi connectivity index (χ1n) is 10.0. The number of sulfonamides is 1. The van der Waals surface area contributed by atoms with Crippen molar-refractivity contribution in [2.75, 3.05) is 42.8 Å². The molecule has 2 N–H and O–H groups in total. The van der Waals surface area contributed by atoms with Crippen LogP contribution in [0.1, 0.15) is 38.2 Å². The lowest BCUT2D eigenvalue weighted by atomic mass is 9.95. The van der Waals surface area contributed by atoms with Gasteiger partial charge >= 0.3 is 0 Å². The molecular formula is C18H28N6O4S. The highest BCUT2D eigenvalue weighted by Crippen LogP contribution is 2.39. The van der Waals surface area contributed by atoms with E-state index in [1.54, 1.807) is 18.0 Å². The second-order valence-corrected chi connectivity index (χ2v) is 10.3. The van der Waals surface area contributed by atoms with Crippen LogP contribution in [-0.4, -0.2) is 82.8 Å². The SMILES string of the molecule is CC1(O)CCCC1N1C(=O)CCc2cnc(NN3CCN(S(C)(=O)=O)CC3)nc21. The zero-order chi connectivity index (χ0) is 20.8. The van der Waals surface area contributed by atoms with Gasteiger partial charge in [0.2, 0.25) is 21.9 Å². The van der Waals surface area contributed by atoms with Crippen LogP contribution >= 0.6 is 0 Å². The number of aryl methyl sites for hydroxylation is 1. The minimum Gasteiger partial charge on any atom is -0.388 e. The van der Waals surface area contributed by atoms with Crippen LogP contribution in [0.5, 0.6) is 0 Å². The van der Waals surface area contributed by atoms with Crippen LogP contribution in [-0.2, 0) is 21.2 Å². The topological polar surface area (TPSA) is 119 Å². The van der Waals surface area contributed by atoms with Gasteiger partial charge in [-0.25, -0.2) is 18.4 Å². The molecule has 10 nitrogen and oxygen atoms in total. The Kier molecular flexibility index (Phi) is 5.26. The standard InChI is InChI=1S/C18H28N6O4S/c1-18(26)7-3-4-14(18)24-15(25)6-5-13-12-19-17(20-16(13)24)21-22-8-10-23(11-9-22)29(2,27)28/h12,14,26H,3-11H2,1-2H3,(H,19,20,21).